The lowest BCUT2D eigenvalue weighted by Gasteiger charge is -2.29. The van der Waals surface area contributed by atoms with Crippen LogP contribution in [0.5, 0.6) is 0 Å². The van der Waals surface area contributed by atoms with E-state index in [0.717, 1.165) is 24.0 Å². The third kappa shape index (κ3) is 4.73. The second-order valence-electron chi connectivity index (χ2n) is 7.06. The van der Waals surface area contributed by atoms with Crippen molar-refractivity contribution in [2.24, 2.45) is 4.99 Å². The van der Waals surface area contributed by atoms with Crippen molar-refractivity contribution in [3.05, 3.63) is 58.6 Å². The minimum Gasteiger partial charge on any atom is -0.311 e. The molecule has 3 aromatic rings. The van der Waals surface area contributed by atoms with Gasteiger partial charge in [-0.1, -0.05) is 35.5 Å². The Bertz CT molecular complexity index is 1260. The molecule has 2 amide bonds. The highest BCUT2D eigenvalue weighted by molar-refractivity contribution is 8.00. The molecule has 0 saturated carbocycles. The second kappa shape index (κ2) is 9.50. The van der Waals surface area contributed by atoms with Crippen LogP contribution < -0.4 is 9.70 Å². The lowest BCUT2D eigenvalue weighted by molar-refractivity contribution is -0.116. The van der Waals surface area contributed by atoms with Gasteiger partial charge in [-0.2, -0.15) is 4.99 Å². The van der Waals surface area contributed by atoms with Gasteiger partial charge < -0.3 is 9.47 Å². The number of aromatic nitrogens is 1. The molecule has 0 spiro atoms. The summed E-state index contributed by atoms with van der Waals surface area (Å²) in [6.07, 6.45) is 7.35. The van der Waals surface area contributed by atoms with E-state index in [2.05, 4.69) is 10.9 Å². The van der Waals surface area contributed by atoms with Gasteiger partial charge in [-0.15, -0.1) is 18.2 Å². The number of rotatable bonds is 5. The number of terminal acetylenes is 1. The standard InChI is InChI=1S/C23H20FN3O2S2/c1-2-11-27-19-10-9-17(24)13-20(19)31-23(27)25-21(28)14-30-15-22(29)26-12-5-7-16-6-3-4-8-18(16)26/h1,3-4,6,8-10,13H,5,7,11-12,14-15H2. The first-order valence-corrected chi connectivity index (χ1v) is 11.8. The van der Waals surface area contributed by atoms with E-state index in [0.29, 0.717) is 16.0 Å². The van der Waals surface area contributed by atoms with Crippen LogP contribution >= 0.6 is 23.1 Å². The number of amides is 2. The Labute approximate surface area is 187 Å². The van der Waals surface area contributed by atoms with Gasteiger partial charge in [0, 0.05) is 12.2 Å². The van der Waals surface area contributed by atoms with Crippen molar-refractivity contribution in [1.29, 1.82) is 0 Å². The Morgan fingerprint density at radius 3 is 2.90 bits per heavy atom. The van der Waals surface area contributed by atoms with E-state index in [4.69, 9.17) is 6.42 Å². The third-order valence-corrected chi connectivity index (χ3v) is 6.92. The van der Waals surface area contributed by atoms with Gasteiger partial charge in [-0.25, -0.2) is 4.39 Å². The first kappa shape index (κ1) is 21.3. The van der Waals surface area contributed by atoms with Crippen molar-refractivity contribution in [1.82, 2.24) is 4.57 Å². The van der Waals surface area contributed by atoms with E-state index >= 15 is 0 Å². The van der Waals surface area contributed by atoms with Gasteiger partial charge in [0.15, 0.2) is 4.80 Å². The van der Waals surface area contributed by atoms with Crippen molar-refractivity contribution in [3.63, 3.8) is 0 Å². The quantitative estimate of drug-likeness (QED) is 0.555. The van der Waals surface area contributed by atoms with Crippen molar-refractivity contribution in [2.75, 3.05) is 23.0 Å². The number of hydrogen-bond acceptors (Lipinski definition) is 4. The molecule has 8 heteroatoms. The maximum Gasteiger partial charge on any atom is 0.258 e. The number of thioether (sulfide) groups is 1. The van der Waals surface area contributed by atoms with E-state index in [9.17, 15) is 14.0 Å². The van der Waals surface area contributed by atoms with Crippen LogP contribution in [0.3, 0.4) is 0 Å². The van der Waals surface area contributed by atoms with Gasteiger partial charge in [0.25, 0.3) is 5.91 Å². The summed E-state index contributed by atoms with van der Waals surface area (Å²) in [5, 5.41) is 0. The van der Waals surface area contributed by atoms with Crippen molar-refractivity contribution in [3.8, 4) is 12.3 Å². The Balaban J connectivity index is 1.43. The summed E-state index contributed by atoms with van der Waals surface area (Å²) in [7, 11) is 0. The van der Waals surface area contributed by atoms with Crippen molar-refractivity contribution >= 4 is 50.8 Å². The fraction of sp³-hybridized carbons (Fsp3) is 0.261. The van der Waals surface area contributed by atoms with Crippen molar-refractivity contribution < 1.29 is 14.0 Å². The fourth-order valence-corrected chi connectivity index (χ4v) is 5.35. The molecule has 0 fully saturated rings. The summed E-state index contributed by atoms with van der Waals surface area (Å²) < 4.78 is 15.9. The molecule has 2 aromatic carbocycles. The van der Waals surface area contributed by atoms with E-state index in [1.165, 1.54) is 40.8 Å². The molecule has 0 atom stereocenters. The normalized spacial score (nSPS) is 13.8. The molecule has 1 aromatic heterocycles. The molecule has 1 aliphatic rings. The predicted octanol–water partition coefficient (Wildman–Crippen LogP) is 3.62. The average molecular weight is 454 g/mol. The number of benzene rings is 2. The van der Waals surface area contributed by atoms with Crippen LogP contribution in [-0.4, -0.2) is 34.4 Å². The number of para-hydroxylation sites is 1. The zero-order valence-corrected chi connectivity index (χ0v) is 18.3. The van der Waals surface area contributed by atoms with Gasteiger partial charge in [0.1, 0.15) is 5.82 Å². The largest absolute Gasteiger partial charge is 0.311 e. The molecule has 31 heavy (non-hydrogen) atoms. The highest BCUT2D eigenvalue weighted by atomic mass is 32.2. The number of halogens is 1. The summed E-state index contributed by atoms with van der Waals surface area (Å²) in [5.41, 5.74) is 2.88. The molecule has 0 radical (unpaired) electrons. The molecule has 0 saturated heterocycles. The first-order chi connectivity index (χ1) is 15.1. The first-order valence-electron chi connectivity index (χ1n) is 9.83. The molecule has 158 valence electrons. The molecular formula is C23H20FN3O2S2. The molecule has 2 heterocycles. The number of nitrogens with zero attached hydrogens (tertiary/aromatic N) is 3. The van der Waals surface area contributed by atoms with E-state index in [-0.39, 0.29) is 35.7 Å². The number of anilines is 1. The number of thiazole rings is 1. The third-order valence-electron chi connectivity index (χ3n) is 4.98. The van der Waals surface area contributed by atoms with Crippen LogP contribution in [0.15, 0.2) is 47.5 Å². The number of aryl methyl sites for hydroxylation is 1. The summed E-state index contributed by atoms with van der Waals surface area (Å²) >= 11 is 2.46. The Morgan fingerprint density at radius 2 is 2.06 bits per heavy atom. The smallest absolute Gasteiger partial charge is 0.258 e. The highest BCUT2D eigenvalue weighted by Gasteiger charge is 2.22. The number of hydrogen-bond donors (Lipinski definition) is 0. The Morgan fingerprint density at radius 1 is 1.23 bits per heavy atom. The summed E-state index contributed by atoms with van der Waals surface area (Å²) in [5.74, 6) is 2.12. The lowest BCUT2D eigenvalue weighted by atomic mass is 10.0. The summed E-state index contributed by atoms with van der Waals surface area (Å²) in [4.78, 5) is 31.5. The minimum atomic E-state index is -0.354. The zero-order chi connectivity index (χ0) is 21.8. The molecule has 4 rings (SSSR count). The van der Waals surface area contributed by atoms with Crippen LogP contribution in [0, 0.1) is 18.2 Å². The maximum atomic E-state index is 13.5. The Kier molecular flexibility index (Phi) is 6.54. The predicted molar refractivity (Wildman–Crippen MR) is 124 cm³/mol. The van der Waals surface area contributed by atoms with Crippen LogP contribution in [-0.2, 0) is 22.6 Å². The van der Waals surface area contributed by atoms with Gasteiger partial charge in [0.2, 0.25) is 5.91 Å². The molecular weight excluding hydrogens is 433 g/mol. The number of carbonyl (C=O) groups excluding carboxylic acids is 2. The molecule has 1 aliphatic heterocycles. The second-order valence-corrected chi connectivity index (χ2v) is 9.06. The van der Waals surface area contributed by atoms with Crippen molar-refractivity contribution in [2.45, 2.75) is 19.4 Å². The fourth-order valence-electron chi connectivity index (χ4n) is 3.61. The van der Waals surface area contributed by atoms with Crippen LogP contribution in [0.1, 0.15) is 12.0 Å². The van der Waals surface area contributed by atoms with Gasteiger partial charge in [-0.05, 0) is 42.7 Å². The molecule has 0 unspecified atom stereocenters. The van der Waals surface area contributed by atoms with E-state index in [1.807, 2.05) is 24.3 Å². The number of carbonyl (C=O) groups is 2. The monoisotopic (exact) mass is 453 g/mol. The Hall–Kier alpha value is -2.89. The van der Waals surface area contributed by atoms with E-state index in [1.54, 1.807) is 15.5 Å². The van der Waals surface area contributed by atoms with Crippen LogP contribution in [0.4, 0.5) is 10.1 Å². The van der Waals surface area contributed by atoms with E-state index < -0.39 is 0 Å². The minimum absolute atomic E-state index is 0.00955. The highest BCUT2D eigenvalue weighted by Crippen LogP contribution is 2.27. The van der Waals surface area contributed by atoms with Gasteiger partial charge in [-0.3, -0.25) is 9.59 Å². The lowest BCUT2D eigenvalue weighted by Crippen LogP contribution is -2.36. The maximum absolute atomic E-state index is 13.5. The summed E-state index contributed by atoms with van der Waals surface area (Å²) in [6.45, 7) is 0.927. The zero-order valence-electron chi connectivity index (χ0n) is 16.7. The SMILES string of the molecule is C#CCn1c(=NC(=O)CSCC(=O)N2CCCc3ccccc32)sc2cc(F)ccc21. The molecule has 0 bridgehead atoms. The topological polar surface area (TPSA) is 54.7 Å². The van der Waals surface area contributed by atoms with Gasteiger partial charge in [0.05, 0.1) is 28.3 Å². The summed E-state index contributed by atoms with van der Waals surface area (Å²) in [6, 6.07) is 12.3. The van der Waals surface area contributed by atoms with Gasteiger partial charge >= 0.3 is 0 Å². The van der Waals surface area contributed by atoms with Crippen LogP contribution in [0.25, 0.3) is 10.2 Å². The average Bonchev–Trinajstić information content (AvgIpc) is 3.09. The number of fused-ring (bicyclic) bond motifs is 2. The molecule has 5 nitrogen and oxygen atoms in total. The van der Waals surface area contributed by atoms with Crippen LogP contribution in [0.2, 0.25) is 0 Å². The molecule has 0 N–H and O–H groups in total. The molecule has 0 aliphatic carbocycles.